The third-order valence-electron chi connectivity index (χ3n) is 5.82. The molecular weight excluding hydrogens is 288 g/mol. The van der Waals surface area contributed by atoms with Gasteiger partial charge in [0.05, 0.1) is 12.6 Å². The first-order chi connectivity index (χ1) is 11.0. The number of Topliss-reactive ketones (excluding diaryl/α,β-unsaturated/α-hetero) is 1. The lowest BCUT2D eigenvalue weighted by molar-refractivity contribution is -0.119. The molecule has 0 bridgehead atoms. The van der Waals surface area contributed by atoms with Gasteiger partial charge in [0.15, 0.2) is 11.6 Å². The Morgan fingerprint density at radius 2 is 2.17 bits per heavy atom. The van der Waals surface area contributed by atoms with E-state index in [-0.39, 0.29) is 22.5 Å². The molecule has 1 spiro atoms. The molecule has 0 unspecified atom stereocenters. The SMILES string of the molecule is CC1(C)CC(=O)C2=C(C1)NC1=C(CN=N1)[C@]21CCC[C@@H](C#N)C1. The van der Waals surface area contributed by atoms with Crippen molar-refractivity contribution in [1.29, 1.82) is 5.26 Å². The van der Waals surface area contributed by atoms with E-state index in [0.717, 1.165) is 54.8 Å². The Kier molecular flexibility index (Phi) is 3.03. The molecule has 0 amide bonds. The van der Waals surface area contributed by atoms with Crippen LogP contribution in [0.4, 0.5) is 0 Å². The Balaban J connectivity index is 1.86. The summed E-state index contributed by atoms with van der Waals surface area (Å²) in [7, 11) is 0. The fourth-order valence-electron chi connectivity index (χ4n) is 4.95. The summed E-state index contributed by atoms with van der Waals surface area (Å²) in [6, 6.07) is 2.44. The number of nitrogens with one attached hydrogen (secondary N) is 1. The van der Waals surface area contributed by atoms with Gasteiger partial charge in [0.25, 0.3) is 0 Å². The van der Waals surface area contributed by atoms with Crippen molar-refractivity contribution in [3.63, 3.8) is 0 Å². The maximum Gasteiger partial charge on any atom is 0.162 e. The standard InChI is InChI=1S/C18H22N4O/c1-17(2)7-13-15(14(23)8-17)18(5-3-4-11(6-18)9-19)12-10-20-22-16(12)21-13/h11,21H,3-8,10H2,1-2H3/t11-,18-/m1/s1. The van der Waals surface area contributed by atoms with Crippen molar-refractivity contribution in [2.45, 2.75) is 52.4 Å². The van der Waals surface area contributed by atoms with Gasteiger partial charge < -0.3 is 5.32 Å². The molecule has 4 aliphatic rings. The van der Waals surface area contributed by atoms with E-state index in [0.29, 0.717) is 13.0 Å². The van der Waals surface area contributed by atoms with Gasteiger partial charge in [-0.15, -0.1) is 5.11 Å². The third-order valence-corrected chi connectivity index (χ3v) is 5.82. The summed E-state index contributed by atoms with van der Waals surface area (Å²) in [6.07, 6.45) is 5.07. The average molecular weight is 310 g/mol. The van der Waals surface area contributed by atoms with Crippen LogP contribution in [-0.2, 0) is 4.79 Å². The van der Waals surface area contributed by atoms with Gasteiger partial charge >= 0.3 is 0 Å². The molecule has 5 nitrogen and oxygen atoms in total. The lowest BCUT2D eigenvalue weighted by atomic mass is 9.56. The molecule has 0 saturated heterocycles. The number of dihydropyridines is 1. The van der Waals surface area contributed by atoms with Crippen LogP contribution < -0.4 is 5.32 Å². The first-order valence-corrected chi connectivity index (χ1v) is 8.50. The summed E-state index contributed by atoms with van der Waals surface area (Å²) < 4.78 is 0. The number of nitriles is 1. The quantitative estimate of drug-likeness (QED) is 0.742. The molecule has 0 radical (unpaired) electrons. The summed E-state index contributed by atoms with van der Waals surface area (Å²) in [5.41, 5.74) is 2.80. The molecule has 120 valence electrons. The fourth-order valence-corrected chi connectivity index (χ4v) is 4.95. The molecule has 23 heavy (non-hydrogen) atoms. The second-order valence-electron chi connectivity index (χ2n) is 8.15. The predicted octanol–water partition coefficient (Wildman–Crippen LogP) is 3.61. The van der Waals surface area contributed by atoms with Crippen molar-refractivity contribution in [1.82, 2.24) is 5.32 Å². The molecular formula is C18H22N4O. The Labute approximate surface area is 136 Å². The van der Waals surface area contributed by atoms with Gasteiger partial charge in [-0.25, -0.2) is 0 Å². The van der Waals surface area contributed by atoms with Crippen LogP contribution in [0.2, 0.25) is 0 Å². The Hall–Kier alpha value is -1.96. The number of carbonyl (C=O) groups excluding carboxylic acids is 1. The number of carbonyl (C=O) groups is 1. The second kappa shape index (κ2) is 4.77. The van der Waals surface area contributed by atoms with Crippen LogP contribution in [0, 0.1) is 28.1 Å². The van der Waals surface area contributed by atoms with E-state index < -0.39 is 0 Å². The monoisotopic (exact) mass is 310 g/mol. The molecule has 4 rings (SSSR count). The van der Waals surface area contributed by atoms with Crippen molar-refractivity contribution >= 4 is 5.78 Å². The van der Waals surface area contributed by atoms with E-state index in [1.54, 1.807) is 0 Å². The predicted molar refractivity (Wildman–Crippen MR) is 84.9 cm³/mol. The molecule has 2 heterocycles. The van der Waals surface area contributed by atoms with Crippen LogP contribution >= 0.6 is 0 Å². The summed E-state index contributed by atoms with van der Waals surface area (Å²) in [4.78, 5) is 13.0. The highest BCUT2D eigenvalue weighted by Crippen LogP contribution is 2.57. The van der Waals surface area contributed by atoms with Crippen LogP contribution in [0.25, 0.3) is 0 Å². The number of fused-ring (bicyclic) bond motifs is 2. The largest absolute Gasteiger partial charge is 0.342 e. The maximum atomic E-state index is 13.0. The normalized spacial score (nSPS) is 35.0. The first kappa shape index (κ1) is 14.6. The van der Waals surface area contributed by atoms with E-state index >= 15 is 0 Å². The van der Waals surface area contributed by atoms with Gasteiger partial charge in [-0.2, -0.15) is 10.4 Å². The lowest BCUT2D eigenvalue weighted by Gasteiger charge is -2.48. The van der Waals surface area contributed by atoms with Crippen LogP contribution in [0.5, 0.6) is 0 Å². The van der Waals surface area contributed by atoms with Crippen molar-refractivity contribution in [2.75, 3.05) is 6.54 Å². The minimum Gasteiger partial charge on any atom is -0.342 e. The zero-order chi connectivity index (χ0) is 16.2. The molecule has 1 fully saturated rings. The zero-order valence-electron chi connectivity index (χ0n) is 13.8. The Morgan fingerprint density at radius 3 is 2.96 bits per heavy atom. The second-order valence-corrected chi connectivity index (χ2v) is 8.15. The van der Waals surface area contributed by atoms with E-state index in [2.05, 4.69) is 35.5 Å². The van der Waals surface area contributed by atoms with Gasteiger partial charge in [0.2, 0.25) is 0 Å². The highest BCUT2D eigenvalue weighted by Gasteiger charge is 2.52. The van der Waals surface area contributed by atoms with Gasteiger partial charge in [0.1, 0.15) is 0 Å². The van der Waals surface area contributed by atoms with Crippen molar-refractivity contribution in [2.24, 2.45) is 27.0 Å². The molecule has 2 aliphatic heterocycles. The molecule has 2 aliphatic carbocycles. The van der Waals surface area contributed by atoms with Crippen molar-refractivity contribution in [3.05, 3.63) is 22.7 Å². The molecule has 5 heteroatoms. The topological polar surface area (TPSA) is 77.6 Å². The molecule has 1 saturated carbocycles. The number of allylic oxidation sites excluding steroid dienone is 2. The lowest BCUT2D eigenvalue weighted by Crippen LogP contribution is -2.46. The van der Waals surface area contributed by atoms with Gasteiger partial charge in [-0.1, -0.05) is 20.3 Å². The average Bonchev–Trinajstić information content (AvgIpc) is 2.94. The van der Waals surface area contributed by atoms with Gasteiger partial charge in [-0.3, -0.25) is 4.79 Å². The number of hydrogen-bond donors (Lipinski definition) is 1. The van der Waals surface area contributed by atoms with Crippen molar-refractivity contribution in [3.8, 4) is 6.07 Å². The van der Waals surface area contributed by atoms with E-state index in [1.807, 2.05) is 0 Å². The minimum absolute atomic E-state index is 0.0210. The summed E-state index contributed by atoms with van der Waals surface area (Å²) in [5.74, 6) is 1.11. The fraction of sp³-hybridized carbons (Fsp3) is 0.667. The number of hydrogen-bond acceptors (Lipinski definition) is 5. The smallest absolute Gasteiger partial charge is 0.162 e. The summed E-state index contributed by atoms with van der Waals surface area (Å²) in [6.45, 7) is 4.85. The van der Waals surface area contributed by atoms with E-state index in [1.165, 1.54) is 0 Å². The number of azo groups is 1. The van der Waals surface area contributed by atoms with Crippen LogP contribution in [-0.4, -0.2) is 12.3 Å². The molecule has 0 aromatic carbocycles. The first-order valence-electron chi connectivity index (χ1n) is 8.50. The van der Waals surface area contributed by atoms with Gasteiger partial charge in [0, 0.05) is 34.6 Å². The van der Waals surface area contributed by atoms with Crippen molar-refractivity contribution < 1.29 is 4.79 Å². The van der Waals surface area contributed by atoms with Crippen LogP contribution in [0.1, 0.15) is 52.4 Å². The van der Waals surface area contributed by atoms with E-state index in [9.17, 15) is 10.1 Å². The molecule has 0 aromatic heterocycles. The summed E-state index contributed by atoms with van der Waals surface area (Å²) >= 11 is 0. The Morgan fingerprint density at radius 1 is 1.35 bits per heavy atom. The highest BCUT2D eigenvalue weighted by molar-refractivity contribution is 6.00. The maximum absolute atomic E-state index is 13.0. The van der Waals surface area contributed by atoms with Crippen LogP contribution in [0.15, 0.2) is 32.9 Å². The third kappa shape index (κ3) is 2.08. The molecule has 0 aromatic rings. The number of nitrogens with zero attached hydrogens (tertiary/aromatic N) is 3. The Bertz CT molecular complexity index is 722. The van der Waals surface area contributed by atoms with Gasteiger partial charge in [-0.05, 0) is 31.1 Å². The van der Waals surface area contributed by atoms with Crippen LogP contribution in [0.3, 0.4) is 0 Å². The number of rotatable bonds is 0. The molecule has 2 atom stereocenters. The number of ketones is 1. The summed E-state index contributed by atoms with van der Waals surface area (Å²) in [5, 5.41) is 21.4. The zero-order valence-corrected chi connectivity index (χ0v) is 13.8. The molecule has 1 N–H and O–H groups in total. The van der Waals surface area contributed by atoms with E-state index in [4.69, 9.17) is 0 Å². The minimum atomic E-state index is -0.300. The highest BCUT2D eigenvalue weighted by atomic mass is 16.1.